The molecular weight excluding hydrogens is 364 g/mol. The second kappa shape index (κ2) is 8.46. The summed E-state index contributed by atoms with van der Waals surface area (Å²) in [6.45, 7) is 0.595. The van der Waals surface area contributed by atoms with E-state index in [1.165, 1.54) is 11.0 Å². The largest absolute Gasteiger partial charge is 0.488 e. The molecule has 27 heavy (non-hydrogen) atoms. The van der Waals surface area contributed by atoms with Crippen LogP contribution in [0, 0.1) is 10.1 Å². The number of hydrogen-bond donors (Lipinski definition) is 0. The van der Waals surface area contributed by atoms with Gasteiger partial charge in [0.2, 0.25) is 0 Å². The summed E-state index contributed by atoms with van der Waals surface area (Å²) in [6.07, 6.45) is 0. The molecule has 0 aliphatic carbocycles. The molecule has 6 nitrogen and oxygen atoms in total. The van der Waals surface area contributed by atoms with E-state index in [0.29, 0.717) is 23.5 Å². The number of para-hydroxylation sites is 1. The Morgan fingerprint density at radius 2 is 1.96 bits per heavy atom. The fourth-order valence-electron chi connectivity index (χ4n) is 2.64. The Labute approximate surface area is 160 Å². The van der Waals surface area contributed by atoms with Crippen molar-refractivity contribution in [1.82, 2.24) is 4.90 Å². The van der Waals surface area contributed by atoms with Crippen molar-refractivity contribution in [3.63, 3.8) is 0 Å². The van der Waals surface area contributed by atoms with Gasteiger partial charge >= 0.3 is 0 Å². The fraction of sp³-hybridized carbons (Fsp3) is 0.150. The van der Waals surface area contributed by atoms with Crippen LogP contribution in [0.3, 0.4) is 0 Å². The number of carbonyl (C=O) groups is 1. The van der Waals surface area contributed by atoms with Crippen molar-refractivity contribution < 1.29 is 14.5 Å². The molecule has 1 aromatic heterocycles. The van der Waals surface area contributed by atoms with Crippen LogP contribution in [0.25, 0.3) is 0 Å². The molecular formula is C20H18N2O4S. The molecule has 0 fully saturated rings. The minimum atomic E-state index is -0.438. The second-order valence-electron chi connectivity index (χ2n) is 5.94. The van der Waals surface area contributed by atoms with E-state index >= 15 is 0 Å². The molecule has 0 aliphatic rings. The van der Waals surface area contributed by atoms with Crippen molar-refractivity contribution >= 4 is 22.9 Å². The summed E-state index contributed by atoms with van der Waals surface area (Å²) in [6, 6.07) is 17.3. The molecule has 0 saturated heterocycles. The van der Waals surface area contributed by atoms with Crippen LogP contribution in [-0.4, -0.2) is 22.8 Å². The molecule has 0 spiro atoms. The van der Waals surface area contributed by atoms with Gasteiger partial charge in [0.25, 0.3) is 11.6 Å². The average molecular weight is 382 g/mol. The summed E-state index contributed by atoms with van der Waals surface area (Å²) in [5.74, 6) is 0.378. The third kappa shape index (κ3) is 4.71. The van der Waals surface area contributed by atoms with E-state index in [0.717, 1.165) is 4.88 Å². The topological polar surface area (TPSA) is 72.7 Å². The van der Waals surface area contributed by atoms with Crippen LogP contribution >= 0.6 is 11.3 Å². The highest BCUT2D eigenvalue weighted by Crippen LogP contribution is 2.21. The Bertz CT molecular complexity index is 941. The van der Waals surface area contributed by atoms with Crippen molar-refractivity contribution in [3.05, 3.63) is 92.2 Å². The molecule has 3 aromatic rings. The molecule has 0 atom stereocenters. The second-order valence-corrected chi connectivity index (χ2v) is 6.98. The number of carbonyl (C=O) groups excluding carboxylic acids is 1. The number of amides is 1. The number of hydrogen-bond acceptors (Lipinski definition) is 5. The smallest absolute Gasteiger partial charge is 0.274 e. The Morgan fingerprint density at radius 1 is 1.15 bits per heavy atom. The Hall–Kier alpha value is -3.19. The van der Waals surface area contributed by atoms with Gasteiger partial charge in [0.1, 0.15) is 12.4 Å². The van der Waals surface area contributed by atoms with Gasteiger partial charge in [-0.3, -0.25) is 14.9 Å². The van der Waals surface area contributed by atoms with Crippen LogP contribution < -0.4 is 4.74 Å². The quantitative estimate of drug-likeness (QED) is 0.445. The maximum absolute atomic E-state index is 12.7. The first-order valence-corrected chi connectivity index (χ1v) is 9.15. The van der Waals surface area contributed by atoms with E-state index in [9.17, 15) is 14.9 Å². The maximum atomic E-state index is 12.7. The molecule has 7 heteroatoms. The van der Waals surface area contributed by atoms with Crippen LogP contribution in [-0.2, 0) is 13.2 Å². The van der Waals surface area contributed by atoms with E-state index in [1.807, 2.05) is 17.5 Å². The summed E-state index contributed by atoms with van der Waals surface area (Å²) < 4.78 is 5.74. The minimum Gasteiger partial charge on any atom is -0.488 e. The number of ether oxygens (including phenoxy) is 1. The van der Waals surface area contributed by atoms with Gasteiger partial charge in [0.15, 0.2) is 0 Å². The SMILES string of the molecule is CN(Cc1ccccc1[N+](=O)[O-])C(=O)c1cccc(OCc2cccs2)c1. The van der Waals surface area contributed by atoms with E-state index in [-0.39, 0.29) is 18.1 Å². The van der Waals surface area contributed by atoms with Crippen LogP contribution in [0.4, 0.5) is 5.69 Å². The molecule has 1 amide bonds. The zero-order chi connectivity index (χ0) is 19.2. The third-order valence-corrected chi connectivity index (χ3v) is 4.83. The van der Waals surface area contributed by atoms with Gasteiger partial charge in [-0.2, -0.15) is 0 Å². The maximum Gasteiger partial charge on any atom is 0.274 e. The van der Waals surface area contributed by atoms with Crippen LogP contribution in [0.2, 0.25) is 0 Å². The number of nitrogens with zero attached hydrogens (tertiary/aromatic N) is 2. The van der Waals surface area contributed by atoms with E-state index < -0.39 is 4.92 Å². The number of rotatable bonds is 7. The highest BCUT2D eigenvalue weighted by molar-refractivity contribution is 7.09. The zero-order valence-electron chi connectivity index (χ0n) is 14.7. The Morgan fingerprint density at radius 3 is 2.70 bits per heavy atom. The van der Waals surface area contributed by atoms with E-state index in [4.69, 9.17) is 4.74 Å². The highest BCUT2D eigenvalue weighted by atomic mass is 32.1. The number of thiophene rings is 1. The van der Waals surface area contributed by atoms with Gasteiger partial charge in [0, 0.05) is 29.1 Å². The lowest BCUT2D eigenvalue weighted by molar-refractivity contribution is -0.385. The normalized spacial score (nSPS) is 10.4. The van der Waals surface area contributed by atoms with Crippen molar-refractivity contribution in [2.75, 3.05) is 7.05 Å². The molecule has 138 valence electrons. The van der Waals surface area contributed by atoms with Gasteiger partial charge in [-0.25, -0.2) is 0 Å². The third-order valence-electron chi connectivity index (χ3n) is 3.98. The molecule has 3 rings (SSSR count). The van der Waals surface area contributed by atoms with Gasteiger partial charge in [-0.15, -0.1) is 11.3 Å². The fourth-order valence-corrected chi connectivity index (χ4v) is 3.25. The van der Waals surface area contributed by atoms with Gasteiger partial charge in [-0.05, 0) is 29.6 Å². The first-order valence-electron chi connectivity index (χ1n) is 8.27. The lowest BCUT2D eigenvalue weighted by Crippen LogP contribution is -2.26. The number of nitro benzene ring substituents is 1. The highest BCUT2D eigenvalue weighted by Gasteiger charge is 2.18. The summed E-state index contributed by atoms with van der Waals surface area (Å²) in [5.41, 5.74) is 0.966. The van der Waals surface area contributed by atoms with Gasteiger partial charge in [-0.1, -0.05) is 30.3 Å². The summed E-state index contributed by atoms with van der Waals surface area (Å²) in [4.78, 5) is 26.0. The first-order chi connectivity index (χ1) is 13.0. The van der Waals surface area contributed by atoms with Crippen molar-refractivity contribution in [1.29, 1.82) is 0 Å². The molecule has 0 saturated carbocycles. The van der Waals surface area contributed by atoms with E-state index in [1.54, 1.807) is 60.8 Å². The van der Waals surface area contributed by atoms with Crippen LogP contribution in [0.1, 0.15) is 20.8 Å². The summed E-state index contributed by atoms with van der Waals surface area (Å²) in [5, 5.41) is 13.1. The Balaban J connectivity index is 1.70. The average Bonchev–Trinajstić information content (AvgIpc) is 3.20. The van der Waals surface area contributed by atoms with Gasteiger partial charge in [0.05, 0.1) is 11.5 Å². The lowest BCUT2D eigenvalue weighted by atomic mass is 10.1. The predicted octanol–water partition coefficient (Wildman–Crippen LogP) is 4.51. The minimum absolute atomic E-state index is 0.00480. The van der Waals surface area contributed by atoms with Gasteiger partial charge < -0.3 is 9.64 Å². The monoisotopic (exact) mass is 382 g/mol. The number of benzene rings is 2. The van der Waals surface area contributed by atoms with Crippen molar-refractivity contribution in [2.45, 2.75) is 13.2 Å². The molecule has 0 bridgehead atoms. The molecule has 0 N–H and O–H groups in total. The molecule has 0 radical (unpaired) electrons. The molecule has 2 aromatic carbocycles. The van der Waals surface area contributed by atoms with Crippen LogP contribution in [0.5, 0.6) is 5.75 Å². The first kappa shape index (κ1) is 18.6. The zero-order valence-corrected chi connectivity index (χ0v) is 15.5. The predicted molar refractivity (Wildman–Crippen MR) is 104 cm³/mol. The van der Waals surface area contributed by atoms with E-state index in [2.05, 4.69) is 0 Å². The van der Waals surface area contributed by atoms with Crippen LogP contribution in [0.15, 0.2) is 66.0 Å². The summed E-state index contributed by atoms with van der Waals surface area (Å²) in [7, 11) is 1.62. The Kier molecular flexibility index (Phi) is 5.83. The molecule has 1 heterocycles. The molecule has 0 unspecified atom stereocenters. The number of nitro groups is 1. The van der Waals surface area contributed by atoms with Crippen molar-refractivity contribution in [2.24, 2.45) is 0 Å². The standard InChI is InChI=1S/C20H18N2O4S/c1-21(13-16-6-2-3-10-19(16)22(24)25)20(23)15-7-4-8-17(12-15)26-14-18-9-5-11-27-18/h2-12H,13-14H2,1H3. The van der Waals surface area contributed by atoms with Crippen molar-refractivity contribution in [3.8, 4) is 5.75 Å². The lowest BCUT2D eigenvalue weighted by Gasteiger charge is -2.18. The molecule has 0 aliphatic heterocycles. The summed E-state index contributed by atoms with van der Waals surface area (Å²) >= 11 is 1.61.